The molecule has 1 aliphatic carbocycles. The van der Waals surface area contributed by atoms with Crippen molar-refractivity contribution >= 4 is 39.5 Å². The fraction of sp³-hybridized carbons (Fsp3) is 0.429. The predicted octanol–water partition coefficient (Wildman–Crippen LogP) is 6.88. The van der Waals surface area contributed by atoms with E-state index < -0.39 is 0 Å². The zero-order valence-corrected chi connectivity index (χ0v) is 17.7. The van der Waals surface area contributed by atoms with Gasteiger partial charge in [-0.05, 0) is 78.5 Å². The topological polar surface area (TPSA) is 3.24 Å². The Hall–Kier alpha value is -0.480. The standard InChI is InChI=1S/C21H23BrClNS/c1-14-5-6-15(11-20(14)23)13-25-24-10-9-16-3-2-4-18-19(22)8-7-17(12-24)21(16)18/h5-8,11,16H,2-4,9-10,12-13H2,1H3. The molecular weight excluding hydrogens is 414 g/mol. The van der Waals surface area contributed by atoms with E-state index in [9.17, 15) is 0 Å². The molecule has 132 valence electrons. The summed E-state index contributed by atoms with van der Waals surface area (Å²) in [6, 6.07) is 11.0. The van der Waals surface area contributed by atoms with E-state index in [1.165, 1.54) is 47.8 Å². The van der Waals surface area contributed by atoms with E-state index in [0.29, 0.717) is 0 Å². The van der Waals surface area contributed by atoms with Crippen LogP contribution in [0.5, 0.6) is 0 Å². The molecule has 4 rings (SSSR count). The molecule has 0 N–H and O–H groups in total. The van der Waals surface area contributed by atoms with E-state index >= 15 is 0 Å². The van der Waals surface area contributed by atoms with Crippen LogP contribution in [0.1, 0.15) is 53.0 Å². The van der Waals surface area contributed by atoms with Crippen LogP contribution in [0.15, 0.2) is 34.8 Å². The average Bonchev–Trinajstić information content (AvgIpc) is 2.80. The first-order valence-electron chi connectivity index (χ1n) is 9.05. The summed E-state index contributed by atoms with van der Waals surface area (Å²) in [6.07, 6.45) is 5.19. The van der Waals surface area contributed by atoms with Gasteiger partial charge in [0.25, 0.3) is 0 Å². The Morgan fingerprint density at radius 1 is 1.24 bits per heavy atom. The van der Waals surface area contributed by atoms with Gasteiger partial charge in [0, 0.05) is 28.3 Å². The third-order valence-corrected chi connectivity index (χ3v) is 7.79. The number of halogens is 2. The van der Waals surface area contributed by atoms with Gasteiger partial charge >= 0.3 is 0 Å². The summed E-state index contributed by atoms with van der Waals surface area (Å²) in [7, 11) is 0. The number of aryl methyl sites for hydroxylation is 1. The Bertz CT molecular complexity index is 792. The zero-order chi connectivity index (χ0) is 17.4. The highest BCUT2D eigenvalue weighted by atomic mass is 79.9. The Morgan fingerprint density at radius 3 is 2.96 bits per heavy atom. The first kappa shape index (κ1) is 17.9. The molecule has 0 saturated heterocycles. The van der Waals surface area contributed by atoms with Gasteiger partial charge in [-0.25, -0.2) is 4.31 Å². The molecule has 0 amide bonds. The maximum absolute atomic E-state index is 6.28. The highest BCUT2D eigenvalue weighted by molar-refractivity contribution is 9.10. The maximum Gasteiger partial charge on any atom is 0.0438 e. The molecule has 1 heterocycles. The monoisotopic (exact) mass is 435 g/mol. The minimum absolute atomic E-state index is 0.746. The summed E-state index contributed by atoms with van der Waals surface area (Å²) in [5.41, 5.74) is 7.23. The maximum atomic E-state index is 6.28. The van der Waals surface area contributed by atoms with Crippen LogP contribution in [-0.4, -0.2) is 10.8 Å². The van der Waals surface area contributed by atoms with Crippen LogP contribution in [-0.2, 0) is 18.7 Å². The first-order valence-corrected chi connectivity index (χ1v) is 11.2. The van der Waals surface area contributed by atoms with E-state index in [0.717, 1.165) is 28.8 Å². The lowest BCUT2D eigenvalue weighted by molar-refractivity contribution is 0.437. The molecule has 2 aromatic rings. The van der Waals surface area contributed by atoms with Gasteiger partial charge in [-0.15, -0.1) is 0 Å². The van der Waals surface area contributed by atoms with Gasteiger partial charge in [0.15, 0.2) is 0 Å². The molecule has 0 aromatic heterocycles. The normalized spacial score (nSPS) is 20.2. The molecule has 0 saturated carbocycles. The molecule has 2 aromatic carbocycles. The van der Waals surface area contributed by atoms with Crippen LogP contribution in [0.4, 0.5) is 0 Å². The van der Waals surface area contributed by atoms with Gasteiger partial charge in [0.2, 0.25) is 0 Å². The van der Waals surface area contributed by atoms with Crippen LogP contribution in [0.2, 0.25) is 5.02 Å². The first-order chi connectivity index (χ1) is 12.1. The van der Waals surface area contributed by atoms with Crippen LogP contribution in [0.3, 0.4) is 0 Å². The highest BCUT2D eigenvalue weighted by Gasteiger charge is 2.28. The highest BCUT2D eigenvalue weighted by Crippen LogP contribution is 2.42. The Labute approximate surface area is 168 Å². The zero-order valence-electron chi connectivity index (χ0n) is 14.5. The van der Waals surface area contributed by atoms with Crippen molar-refractivity contribution in [3.63, 3.8) is 0 Å². The fourth-order valence-corrected chi connectivity index (χ4v) is 5.84. The van der Waals surface area contributed by atoms with Gasteiger partial charge in [-0.1, -0.05) is 57.7 Å². The Kier molecular flexibility index (Phi) is 5.47. The molecule has 2 aliphatic rings. The van der Waals surface area contributed by atoms with Gasteiger partial charge in [-0.3, -0.25) is 0 Å². The second-order valence-electron chi connectivity index (χ2n) is 7.20. The van der Waals surface area contributed by atoms with Gasteiger partial charge < -0.3 is 0 Å². The molecule has 0 spiro atoms. The summed E-state index contributed by atoms with van der Waals surface area (Å²) in [6.45, 7) is 4.28. The van der Waals surface area contributed by atoms with E-state index in [2.05, 4.69) is 57.5 Å². The molecule has 0 bridgehead atoms. The summed E-state index contributed by atoms with van der Waals surface area (Å²) < 4.78 is 3.86. The largest absolute Gasteiger partial charge is 0.246 e. The lowest BCUT2D eigenvalue weighted by Crippen LogP contribution is -2.15. The quantitative estimate of drug-likeness (QED) is 0.482. The molecular formula is C21H23BrClNS. The van der Waals surface area contributed by atoms with Crippen LogP contribution >= 0.6 is 39.5 Å². The van der Waals surface area contributed by atoms with Crippen molar-refractivity contribution < 1.29 is 0 Å². The smallest absolute Gasteiger partial charge is 0.0438 e. The fourth-order valence-electron chi connectivity index (χ4n) is 4.12. The van der Waals surface area contributed by atoms with Crippen molar-refractivity contribution in [2.45, 2.75) is 50.8 Å². The lowest BCUT2D eigenvalue weighted by Gasteiger charge is -2.26. The summed E-state index contributed by atoms with van der Waals surface area (Å²) >= 11 is 12.0. The SMILES string of the molecule is Cc1ccc(CSN2CCC3CCCc4c(Br)ccc(c43)C2)cc1Cl. The van der Waals surface area contributed by atoms with Crippen LogP contribution < -0.4 is 0 Å². The van der Waals surface area contributed by atoms with Crippen molar-refractivity contribution in [1.82, 2.24) is 4.31 Å². The second kappa shape index (κ2) is 7.64. The van der Waals surface area contributed by atoms with Gasteiger partial charge in [0.1, 0.15) is 0 Å². The average molecular weight is 437 g/mol. The summed E-state index contributed by atoms with van der Waals surface area (Å²) in [5.74, 6) is 1.74. The third-order valence-electron chi connectivity index (χ3n) is 5.50. The van der Waals surface area contributed by atoms with Crippen molar-refractivity contribution in [2.75, 3.05) is 6.54 Å². The Balaban J connectivity index is 1.51. The molecule has 4 heteroatoms. The minimum Gasteiger partial charge on any atom is -0.246 e. The van der Waals surface area contributed by atoms with E-state index in [4.69, 9.17) is 11.6 Å². The Morgan fingerprint density at radius 2 is 2.12 bits per heavy atom. The summed E-state index contributed by atoms with van der Waals surface area (Å²) in [5, 5.41) is 0.875. The summed E-state index contributed by atoms with van der Waals surface area (Å²) in [4.78, 5) is 0. The number of rotatable bonds is 3. The molecule has 0 fully saturated rings. The van der Waals surface area contributed by atoms with Gasteiger partial charge in [0.05, 0.1) is 0 Å². The number of hydrogen-bond acceptors (Lipinski definition) is 2. The van der Waals surface area contributed by atoms with Crippen molar-refractivity contribution in [3.05, 3.63) is 67.6 Å². The van der Waals surface area contributed by atoms with Crippen LogP contribution in [0, 0.1) is 6.92 Å². The van der Waals surface area contributed by atoms with E-state index in [1.54, 1.807) is 11.1 Å². The number of hydrogen-bond donors (Lipinski definition) is 0. The molecule has 0 radical (unpaired) electrons. The van der Waals surface area contributed by atoms with Crippen molar-refractivity contribution in [2.24, 2.45) is 0 Å². The minimum atomic E-state index is 0.746. The van der Waals surface area contributed by atoms with Crippen LogP contribution in [0.25, 0.3) is 0 Å². The number of nitrogens with zero attached hydrogens (tertiary/aromatic N) is 1. The lowest BCUT2D eigenvalue weighted by atomic mass is 9.79. The molecule has 1 unspecified atom stereocenters. The second-order valence-corrected chi connectivity index (χ2v) is 9.52. The third kappa shape index (κ3) is 3.80. The molecule has 1 nitrogen and oxygen atoms in total. The molecule has 1 atom stereocenters. The number of benzene rings is 2. The molecule has 1 aliphatic heterocycles. The van der Waals surface area contributed by atoms with E-state index in [-0.39, 0.29) is 0 Å². The molecule has 25 heavy (non-hydrogen) atoms. The van der Waals surface area contributed by atoms with Gasteiger partial charge in [-0.2, -0.15) is 0 Å². The van der Waals surface area contributed by atoms with Crippen molar-refractivity contribution in [1.29, 1.82) is 0 Å². The predicted molar refractivity (Wildman–Crippen MR) is 112 cm³/mol. The van der Waals surface area contributed by atoms with E-state index in [1.807, 2.05) is 11.9 Å². The van der Waals surface area contributed by atoms with Crippen molar-refractivity contribution in [3.8, 4) is 0 Å².